The van der Waals surface area contributed by atoms with Crippen LogP contribution in [0, 0.1) is 0 Å². The van der Waals surface area contributed by atoms with Crippen LogP contribution in [0.5, 0.6) is 0 Å². The third-order valence-corrected chi connectivity index (χ3v) is 9.90. The lowest BCUT2D eigenvalue weighted by molar-refractivity contribution is -0.197. The van der Waals surface area contributed by atoms with Gasteiger partial charge < -0.3 is 23.9 Å². The third-order valence-electron chi connectivity index (χ3n) is 7.60. The molecule has 4 atom stereocenters. The van der Waals surface area contributed by atoms with E-state index in [-0.39, 0.29) is 19.3 Å². The van der Waals surface area contributed by atoms with Gasteiger partial charge in [-0.1, -0.05) is 134 Å². The molecule has 0 aromatic heterocycles. The van der Waals surface area contributed by atoms with Crippen LogP contribution in [0.1, 0.15) is 135 Å². The molecule has 0 radical (unpaired) electrons. The Balaban J connectivity index is 2.33. The minimum absolute atomic E-state index is 0.0119. The van der Waals surface area contributed by atoms with Gasteiger partial charge in [0.25, 0.3) is 0 Å². The standard InChI is InChI=1S/C34H61O6PS/c1-4-6-8-10-11-12-13-14-16-21-28-42-32(25-20-15-9-7-5-2)30(3)38-26-22-27-40-34(36,41-37)33(35)39-29-31-23-18-17-19-24-31/h17-19,23-24,30,32,36H,4-16,20-22,25-29,41H2,1-3H3. The Morgan fingerprint density at radius 1 is 0.833 bits per heavy atom. The molecule has 1 aromatic carbocycles. The average molecular weight is 629 g/mol. The quantitative estimate of drug-likeness (QED) is 0.0410. The van der Waals surface area contributed by atoms with Crippen LogP contribution in [0.25, 0.3) is 0 Å². The number of hydrogen-bond acceptors (Lipinski definition) is 7. The fourth-order valence-electron chi connectivity index (χ4n) is 4.86. The van der Waals surface area contributed by atoms with Crippen molar-refractivity contribution in [1.29, 1.82) is 0 Å². The predicted octanol–water partition coefficient (Wildman–Crippen LogP) is 9.33. The summed E-state index contributed by atoms with van der Waals surface area (Å²) >= 11 is 2.05. The molecule has 42 heavy (non-hydrogen) atoms. The lowest BCUT2D eigenvalue weighted by Gasteiger charge is -2.25. The van der Waals surface area contributed by atoms with Crippen LogP contribution in [0.15, 0.2) is 30.3 Å². The SMILES string of the molecule is CCCCCCCCCCCCSC(CCCCCCC)C(C)OCCCOC(O)([PH2]=O)C(=O)OCc1ccccc1. The second kappa shape index (κ2) is 26.5. The summed E-state index contributed by atoms with van der Waals surface area (Å²) in [5.74, 6) is 0.161. The van der Waals surface area contributed by atoms with Gasteiger partial charge in [0.2, 0.25) is 0 Å². The van der Waals surface area contributed by atoms with Gasteiger partial charge in [-0.2, -0.15) is 11.8 Å². The molecule has 0 fully saturated rings. The summed E-state index contributed by atoms with van der Waals surface area (Å²) in [6.45, 7) is 7.18. The molecular formula is C34H61O6PS. The highest BCUT2D eigenvalue weighted by molar-refractivity contribution is 7.99. The zero-order valence-electron chi connectivity index (χ0n) is 26.9. The van der Waals surface area contributed by atoms with Crippen LogP contribution in [-0.4, -0.2) is 46.9 Å². The number of hydrogen-bond donors (Lipinski definition) is 1. The number of thioether (sulfide) groups is 1. The average Bonchev–Trinajstić information content (AvgIpc) is 3.01. The van der Waals surface area contributed by atoms with E-state index in [1.54, 1.807) is 0 Å². The highest BCUT2D eigenvalue weighted by atomic mass is 32.2. The van der Waals surface area contributed by atoms with E-state index < -0.39 is 20.0 Å². The van der Waals surface area contributed by atoms with Gasteiger partial charge in [-0.05, 0) is 37.5 Å². The summed E-state index contributed by atoms with van der Waals surface area (Å²) in [6, 6.07) is 9.15. The number of carbonyl (C=O) groups is 1. The van der Waals surface area contributed by atoms with E-state index in [4.69, 9.17) is 14.2 Å². The van der Waals surface area contributed by atoms with Crippen LogP contribution >= 0.6 is 20.2 Å². The van der Waals surface area contributed by atoms with Crippen LogP contribution in [0.3, 0.4) is 0 Å². The van der Waals surface area contributed by atoms with Crippen LogP contribution in [-0.2, 0) is 30.2 Å². The first-order chi connectivity index (χ1) is 20.5. The van der Waals surface area contributed by atoms with Crippen molar-refractivity contribution >= 4 is 26.2 Å². The zero-order valence-corrected chi connectivity index (χ0v) is 28.8. The van der Waals surface area contributed by atoms with Gasteiger partial charge in [0.15, 0.2) is 0 Å². The van der Waals surface area contributed by atoms with E-state index in [0.717, 1.165) is 12.0 Å². The van der Waals surface area contributed by atoms with Crippen molar-refractivity contribution in [3.8, 4) is 0 Å². The Bertz CT molecular complexity index is 783. The number of unbranched alkanes of at least 4 members (excludes halogenated alkanes) is 13. The summed E-state index contributed by atoms with van der Waals surface area (Å²) in [6.07, 6.45) is 21.7. The van der Waals surface area contributed by atoms with Crippen LogP contribution < -0.4 is 0 Å². The summed E-state index contributed by atoms with van der Waals surface area (Å²) < 4.78 is 28.3. The Labute approximate surface area is 262 Å². The zero-order chi connectivity index (χ0) is 30.7. The molecule has 0 heterocycles. The summed E-state index contributed by atoms with van der Waals surface area (Å²) in [5.41, 5.74) is -1.62. The van der Waals surface area contributed by atoms with E-state index in [1.165, 1.54) is 102 Å². The first-order valence-electron chi connectivity index (χ1n) is 16.7. The molecule has 8 heteroatoms. The predicted molar refractivity (Wildman–Crippen MR) is 179 cm³/mol. The molecule has 0 aliphatic carbocycles. The van der Waals surface area contributed by atoms with Gasteiger partial charge in [-0.3, -0.25) is 0 Å². The molecule has 244 valence electrons. The first-order valence-corrected chi connectivity index (χ1v) is 18.8. The van der Waals surface area contributed by atoms with Crippen LogP contribution in [0.4, 0.5) is 0 Å². The van der Waals surface area contributed by atoms with Crippen molar-refractivity contribution in [1.82, 2.24) is 0 Å². The molecule has 0 saturated carbocycles. The Morgan fingerprint density at radius 3 is 2.00 bits per heavy atom. The molecule has 1 N–H and O–H groups in total. The van der Waals surface area contributed by atoms with Crippen LogP contribution in [0.2, 0.25) is 0 Å². The Hall–Kier alpha value is -0.850. The lowest BCUT2D eigenvalue weighted by atomic mass is 10.1. The minimum atomic E-state index is -2.40. The number of ether oxygens (including phenoxy) is 3. The highest BCUT2D eigenvalue weighted by Crippen LogP contribution is 2.26. The fraction of sp³-hybridized carbons (Fsp3) is 0.794. The summed E-state index contributed by atoms with van der Waals surface area (Å²) in [7, 11) is -1.92. The number of aliphatic hydroxyl groups is 1. The molecule has 6 nitrogen and oxygen atoms in total. The van der Waals surface area contributed by atoms with Crippen molar-refractivity contribution in [2.45, 2.75) is 153 Å². The topological polar surface area (TPSA) is 82.1 Å². The molecule has 0 aliphatic heterocycles. The molecule has 0 amide bonds. The fourth-order valence-corrected chi connectivity index (χ4v) is 6.58. The first kappa shape index (κ1) is 39.2. The van der Waals surface area contributed by atoms with E-state index in [0.29, 0.717) is 18.3 Å². The van der Waals surface area contributed by atoms with Crippen molar-refractivity contribution in [2.75, 3.05) is 19.0 Å². The second-order valence-electron chi connectivity index (χ2n) is 11.4. The van der Waals surface area contributed by atoms with E-state index in [1.807, 2.05) is 30.3 Å². The normalized spacial score (nSPS) is 14.7. The summed E-state index contributed by atoms with van der Waals surface area (Å²) in [5, 5.41) is 10.9. The molecule has 0 spiro atoms. The molecule has 4 unspecified atom stereocenters. The van der Waals surface area contributed by atoms with Gasteiger partial charge in [0.05, 0.1) is 12.7 Å². The van der Waals surface area contributed by atoms with Crippen molar-refractivity contribution < 1.29 is 28.7 Å². The van der Waals surface area contributed by atoms with Gasteiger partial charge in [-0.15, -0.1) is 0 Å². The Morgan fingerprint density at radius 2 is 1.40 bits per heavy atom. The van der Waals surface area contributed by atoms with Gasteiger partial charge in [0.1, 0.15) is 15.1 Å². The summed E-state index contributed by atoms with van der Waals surface area (Å²) in [4.78, 5) is 12.3. The molecular weight excluding hydrogens is 567 g/mol. The third kappa shape index (κ3) is 19.4. The van der Waals surface area contributed by atoms with Gasteiger partial charge >= 0.3 is 11.5 Å². The van der Waals surface area contributed by atoms with Gasteiger partial charge in [-0.25, -0.2) is 4.79 Å². The van der Waals surface area contributed by atoms with Gasteiger partial charge in [0, 0.05) is 11.9 Å². The number of carbonyl (C=O) groups excluding carboxylic acids is 1. The Kier molecular flexibility index (Phi) is 24.8. The monoisotopic (exact) mass is 628 g/mol. The maximum Gasteiger partial charge on any atom is 0.374 e. The van der Waals surface area contributed by atoms with E-state index in [9.17, 15) is 14.5 Å². The van der Waals surface area contributed by atoms with Crippen molar-refractivity contribution in [3.63, 3.8) is 0 Å². The smallest absolute Gasteiger partial charge is 0.374 e. The number of benzene rings is 1. The largest absolute Gasteiger partial charge is 0.456 e. The van der Waals surface area contributed by atoms with Crippen molar-refractivity contribution in [2.24, 2.45) is 0 Å². The van der Waals surface area contributed by atoms with E-state index >= 15 is 0 Å². The maximum absolute atomic E-state index is 12.3. The number of esters is 1. The molecule has 0 aliphatic rings. The molecule has 1 aromatic rings. The molecule has 0 saturated heterocycles. The lowest BCUT2D eigenvalue weighted by Crippen LogP contribution is -2.37. The van der Waals surface area contributed by atoms with Crippen molar-refractivity contribution in [3.05, 3.63) is 35.9 Å². The minimum Gasteiger partial charge on any atom is -0.456 e. The highest BCUT2D eigenvalue weighted by Gasteiger charge is 2.38. The molecule has 0 bridgehead atoms. The number of rotatable bonds is 29. The molecule has 1 rings (SSSR count). The second-order valence-corrected chi connectivity index (χ2v) is 13.8. The van der Waals surface area contributed by atoms with E-state index in [2.05, 4.69) is 32.5 Å². The maximum atomic E-state index is 12.3.